The molecule has 0 saturated heterocycles. The van der Waals surface area contributed by atoms with Crippen molar-refractivity contribution in [2.45, 2.75) is 38.5 Å². The van der Waals surface area contributed by atoms with Gasteiger partial charge in [0, 0.05) is 5.02 Å². The zero-order valence-corrected chi connectivity index (χ0v) is 10.1. The highest BCUT2D eigenvalue weighted by Crippen LogP contribution is 2.31. The third kappa shape index (κ3) is 3.84. The van der Waals surface area contributed by atoms with Gasteiger partial charge in [0.05, 0.1) is 0 Å². The fraction of sp³-hybridized carbons (Fsp3) is 0.538. The lowest BCUT2D eigenvalue weighted by atomic mass is 9.90. The molecule has 0 fully saturated rings. The molecule has 0 aliphatic rings. The van der Waals surface area contributed by atoms with E-state index in [2.05, 4.69) is 19.1 Å². The fourth-order valence-electron chi connectivity index (χ4n) is 1.97. The normalized spacial score (nSPS) is 12.7. The van der Waals surface area contributed by atoms with Gasteiger partial charge >= 0.3 is 0 Å². The molecule has 1 unspecified atom stereocenters. The number of nitrogens with two attached hydrogens (primary N) is 1. The van der Waals surface area contributed by atoms with Crippen LogP contribution in [0.25, 0.3) is 0 Å². The van der Waals surface area contributed by atoms with Crippen LogP contribution in [-0.2, 0) is 0 Å². The van der Waals surface area contributed by atoms with Gasteiger partial charge in [-0.2, -0.15) is 0 Å². The average Bonchev–Trinajstić information content (AvgIpc) is 2.25. The molecule has 0 aliphatic heterocycles. The zero-order chi connectivity index (χ0) is 11.1. The molecule has 2 N–H and O–H groups in total. The summed E-state index contributed by atoms with van der Waals surface area (Å²) in [6, 6.07) is 8.16. The first-order valence-corrected chi connectivity index (χ1v) is 6.11. The van der Waals surface area contributed by atoms with Crippen LogP contribution in [-0.4, -0.2) is 6.54 Å². The molecule has 1 rings (SSSR count). The summed E-state index contributed by atoms with van der Waals surface area (Å²) >= 11 is 6.20. The van der Waals surface area contributed by atoms with Gasteiger partial charge in [-0.05, 0) is 43.4 Å². The molecule has 0 radical (unpaired) electrons. The summed E-state index contributed by atoms with van der Waals surface area (Å²) in [6.07, 6.45) is 4.62. The van der Waals surface area contributed by atoms with E-state index in [1.807, 2.05) is 12.1 Å². The monoisotopic (exact) mass is 225 g/mol. The summed E-state index contributed by atoms with van der Waals surface area (Å²) in [5.74, 6) is 0.576. The van der Waals surface area contributed by atoms with E-state index in [9.17, 15) is 0 Å². The summed E-state index contributed by atoms with van der Waals surface area (Å²) in [7, 11) is 0. The maximum absolute atomic E-state index is 6.20. The van der Waals surface area contributed by atoms with E-state index in [1.54, 1.807) is 0 Å². The Balaban J connectivity index is 2.74. The summed E-state index contributed by atoms with van der Waals surface area (Å²) < 4.78 is 0. The number of rotatable bonds is 6. The zero-order valence-electron chi connectivity index (χ0n) is 9.38. The van der Waals surface area contributed by atoms with Gasteiger partial charge < -0.3 is 5.73 Å². The van der Waals surface area contributed by atoms with Crippen molar-refractivity contribution in [1.29, 1.82) is 0 Å². The summed E-state index contributed by atoms with van der Waals surface area (Å²) in [4.78, 5) is 0. The van der Waals surface area contributed by atoms with E-state index >= 15 is 0 Å². The molecule has 0 amide bonds. The van der Waals surface area contributed by atoms with Gasteiger partial charge in [0.2, 0.25) is 0 Å². The Bertz CT molecular complexity index is 286. The van der Waals surface area contributed by atoms with Crippen LogP contribution >= 0.6 is 11.6 Å². The summed E-state index contributed by atoms with van der Waals surface area (Å²) in [5, 5.41) is 0.896. The van der Waals surface area contributed by atoms with Gasteiger partial charge in [0.15, 0.2) is 0 Å². The third-order valence-electron chi connectivity index (χ3n) is 2.74. The maximum atomic E-state index is 6.20. The minimum absolute atomic E-state index is 0.576. The van der Waals surface area contributed by atoms with Gasteiger partial charge in [-0.1, -0.05) is 43.1 Å². The van der Waals surface area contributed by atoms with Crippen molar-refractivity contribution in [2.75, 3.05) is 6.54 Å². The van der Waals surface area contributed by atoms with Crippen molar-refractivity contribution in [3.63, 3.8) is 0 Å². The first kappa shape index (κ1) is 12.5. The second kappa shape index (κ2) is 6.86. The van der Waals surface area contributed by atoms with Crippen LogP contribution in [0.4, 0.5) is 0 Å². The molecule has 2 heteroatoms. The van der Waals surface area contributed by atoms with E-state index < -0.39 is 0 Å². The van der Waals surface area contributed by atoms with Gasteiger partial charge in [0.1, 0.15) is 0 Å². The standard InChI is InChI=1S/C13H20ClN/c1-2-6-11(7-5-10-15)12-8-3-4-9-13(12)14/h3-4,8-9,11H,2,5-7,10,15H2,1H3. The van der Waals surface area contributed by atoms with Gasteiger partial charge in [-0.3, -0.25) is 0 Å². The molecular formula is C13H20ClN. The third-order valence-corrected chi connectivity index (χ3v) is 3.08. The fourth-order valence-corrected chi connectivity index (χ4v) is 2.26. The number of hydrogen-bond donors (Lipinski definition) is 1. The molecule has 84 valence electrons. The molecule has 1 aromatic rings. The largest absolute Gasteiger partial charge is 0.330 e. The van der Waals surface area contributed by atoms with Crippen molar-refractivity contribution < 1.29 is 0 Å². The smallest absolute Gasteiger partial charge is 0.0440 e. The Labute approximate surface area is 97.6 Å². The van der Waals surface area contributed by atoms with Crippen molar-refractivity contribution in [2.24, 2.45) is 5.73 Å². The number of halogens is 1. The average molecular weight is 226 g/mol. The molecule has 1 aromatic carbocycles. The Morgan fingerprint density at radius 1 is 1.27 bits per heavy atom. The molecule has 0 bridgehead atoms. The minimum atomic E-state index is 0.576. The summed E-state index contributed by atoms with van der Waals surface area (Å²) in [5.41, 5.74) is 6.84. The van der Waals surface area contributed by atoms with E-state index in [0.717, 1.165) is 24.4 Å². The van der Waals surface area contributed by atoms with E-state index in [1.165, 1.54) is 18.4 Å². The van der Waals surface area contributed by atoms with Gasteiger partial charge in [0.25, 0.3) is 0 Å². The molecule has 0 saturated carbocycles. The molecule has 0 aromatic heterocycles. The molecule has 0 heterocycles. The Kier molecular flexibility index (Phi) is 5.74. The molecule has 0 aliphatic carbocycles. The molecule has 15 heavy (non-hydrogen) atoms. The van der Waals surface area contributed by atoms with Crippen LogP contribution in [0.15, 0.2) is 24.3 Å². The van der Waals surface area contributed by atoms with Crippen molar-refractivity contribution in [3.05, 3.63) is 34.9 Å². The number of hydrogen-bond acceptors (Lipinski definition) is 1. The molecule has 0 spiro atoms. The molecule has 1 nitrogen and oxygen atoms in total. The van der Waals surface area contributed by atoms with Gasteiger partial charge in [-0.15, -0.1) is 0 Å². The number of benzene rings is 1. The highest BCUT2D eigenvalue weighted by atomic mass is 35.5. The van der Waals surface area contributed by atoms with Gasteiger partial charge in [-0.25, -0.2) is 0 Å². The topological polar surface area (TPSA) is 26.0 Å². The van der Waals surface area contributed by atoms with Crippen molar-refractivity contribution in [1.82, 2.24) is 0 Å². The Morgan fingerprint density at radius 2 is 2.00 bits per heavy atom. The second-order valence-corrected chi connectivity index (χ2v) is 4.35. The lowest BCUT2D eigenvalue weighted by Crippen LogP contribution is -2.05. The quantitative estimate of drug-likeness (QED) is 0.779. The summed E-state index contributed by atoms with van der Waals surface area (Å²) in [6.45, 7) is 2.98. The highest BCUT2D eigenvalue weighted by molar-refractivity contribution is 6.31. The van der Waals surface area contributed by atoms with Crippen LogP contribution in [0.5, 0.6) is 0 Å². The molecule has 1 atom stereocenters. The van der Waals surface area contributed by atoms with Crippen molar-refractivity contribution >= 4 is 11.6 Å². The van der Waals surface area contributed by atoms with E-state index in [0.29, 0.717) is 5.92 Å². The lowest BCUT2D eigenvalue weighted by Gasteiger charge is -2.17. The SMILES string of the molecule is CCCC(CCCN)c1ccccc1Cl. The molecular weight excluding hydrogens is 206 g/mol. The van der Waals surface area contributed by atoms with E-state index in [-0.39, 0.29) is 0 Å². The lowest BCUT2D eigenvalue weighted by molar-refractivity contribution is 0.550. The van der Waals surface area contributed by atoms with Crippen LogP contribution in [0.1, 0.15) is 44.1 Å². The second-order valence-electron chi connectivity index (χ2n) is 3.94. The van der Waals surface area contributed by atoms with E-state index in [4.69, 9.17) is 17.3 Å². The Morgan fingerprint density at radius 3 is 2.60 bits per heavy atom. The van der Waals surface area contributed by atoms with Crippen LogP contribution in [0.3, 0.4) is 0 Å². The highest BCUT2D eigenvalue weighted by Gasteiger charge is 2.12. The first-order chi connectivity index (χ1) is 7.29. The minimum Gasteiger partial charge on any atom is -0.330 e. The Hall–Kier alpha value is -0.530. The predicted octanol–water partition coefficient (Wildman–Crippen LogP) is 3.96. The van der Waals surface area contributed by atoms with Crippen molar-refractivity contribution in [3.8, 4) is 0 Å². The van der Waals surface area contributed by atoms with Crippen LogP contribution in [0, 0.1) is 0 Å². The predicted molar refractivity (Wildman–Crippen MR) is 67.4 cm³/mol. The first-order valence-electron chi connectivity index (χ1n) is 5.74. The van der Waals surface area contributed by atoms with Crippen LogP contribution in [0.2, 0.25) is 5.02 Å². The van der Waals surface area contributed by atoms with Crippen LogP contribution < -0.4 is 5.73 Å². The maximum Gasteiger partial charge on any atom is 0.0440 e.